The largest absolute Gasteiger partial charge is 0.497 e. The van der Waals surface area contributed by atoms with Crippen LogP contribution in [-0.4, -0.2) is 39.2 Å². The van der Waals surface area contributed by atoms with Gasteiger partial charge >= 0.3 is 5.97 Å². The predicted octanol–water partition coefficient (Wildman–Crippen LogP) is 3.45. The fourth-order valence-electron chi connectivity index (χ4n) is 2.51. The van der Waals surface area contributed by atoms with Gasteiger partial charge in [-0.25, -0.2) is 9.18 Å². The Bertz CT molecular complexity index is 848. The van der Waals surface area contributed by atoms with Crippen LogP contribution in [0.25, 0.3) is 6.08 Å². The number of methoxy groups -OCH3 is 2. The second-order valence-corrected chi connectivity index (χ2v) is 5.66. The number of carbonyl (C=O) groups is 2. The van der Waals surface area contributed by atoms with Crippen molar-refractivity contribution in [2.75, 3.05) is 32.3 Å². The van der Waals surface area contributed by atoms with Crippen LogP contribution in [0.3, 0.4) is 0 Å². The molecule has 0 aliphatic carbocycles. The third-order valence-electron chi connectivity index (χ3n) is 3.93. The van der Waals surface area contributed by atoms with E-state index in [1.165, 1.54) is 55.5 Å². The highest BCUT2D eigenvalue weighted by atomic mass is 19.1. The number of esters is 1. The lowest BCUT2D eigenvalue weighted by atomic mass is 10.1. The van der Waals surface area contributed by atoms with Crippen molar-refractivity contribution in [1.82, 2.24) is 0 Å². The second kappa shape index (κ2) is 10.1. The van der Waals surface area contributed by atoms with Crippen LogP contribution in [0.1, 0.15) is 12.5 Å². The van der Waals surface area contributed by atoms with Crippen molar-refractivity contribution in [3.8, 4) is 11.5 Å². The summed E-state index contributed by atoms with van der Waals surface area (Å²) in [6, 6.07) is 10.7. The molecule has 0 radical (unpaired) electrons. The number of hydrogen-bond donors (Lipinski definition) is 0. The summed E-state index contributed by atoms with van der Waals surface area (Å²) in [6.07, 6.45) is 2.73. The van der Waals surface area contributed by atoms with E-state index < -0.39 is 24.3 Å². The molecule has 1 amide bonds. The summed E-state index contributed by atoms with van der Waals surface area (Å²) in [7, 11) is 3.06. The molecular formula is C21H22FNO5. The first-order valence-electron chi connectivity index (χ1n) is 8.61. The highest BCUT2D eigenvalue weighted by Gasteiger charge is 2.15. The number of nitrogens with zero attached hydrogens (tertiary/aromatic N) is 1. The van der Waals surface area contributed by atoms with Gasteiger partial charge in [-0.15, -0.1) is 0 Å². The van der Waals surface area contributed by atoms with E-state index in [0.717, 1.165) is 0 Å². The van der Waals surface area contributed by atoms with Gasteiger partial charge in [0.25, 0.3) is 5.91 Å². The molecule has 0 saturated carbocycles. The van der Waals surface area contributed by atoms with Crippen LogP contribution >= 0.6 is 0 Å². The maximum absolute atomic E-state index is 13.0. The molecule has 2 aromatic carbocycles. The van der Waals surface area contributed by atoms with Crippen LogP contribution in [0.15, 0.2) is 48.5 Å². The Morgan fingerprint density at radius 1 is 1.07 bits per heavy atom. The van der Waals surface area contributed by atoms with E-state index in [0.29, 0.717) is 29.3 Å². The number of rotatable bonds is 8. The molecule has 0 saturated heterocycles. The van der Waals surface area contributed by atoms with E-state index in [9.17, 15) is 14.0 Å². The lowest BCUT2D eigenvalue weighted by Crippen LogP contribution is -2.34. The normalized spacial score (nSPS) is 10.6. The second-order valence-electron chi connectivity index (χ2n) is 5.66. The van der Waals surface area contributed by atoms with Crippen molar-refractivity contribution < 1.29 is 28.2 Å². The molecule has 0 atom stereocenters. The highest BCUT2D eigenvalue weighted by molar-refractivity contribution is 5.96. The lowest BCUT2D eigenvalue weighted by Gasteiger charge is -2.20. The minimum Gasteiger partial charge on any atom is -0.497 e. The molecule has 148 valence electrons. The number of likely N-dealkylation sites (N-methyl/N-ethyl adjacent to an activating group) is 1. The summed E-state index contributed by atoms with van der Waals surface area (Å²) in [5.74, 6) is -0.295. The van der Waals surface area contributed by atoms with Crippen LogP contribution in [0, 0.1) is 5.82 Å². The molecule has 0 unspecified atom stereocenters. The molecule has 28 heavy (non-hydrogen) atoms. The standard InChI is InChI=1S/C21H22FNO5/c1-4-23(17-8-6-16(22)7-9-17)20(24)14-28-21(25)12-5-15-13-18(26-2)10-11-19(15)27-3/h5-13H,4,14H2,1-3H3/b12-5+. The van der Waals surface area contributed by atoms with Crippen molar-refractivity contribution in [2.24, 2.45) is 0 Å². The van der Waals surface area contributed by atoms with Gasteiger partial charge in [-0.2, -0.15) is 0 Å². The Morgan fingerprint density at radius 3 is 2.39 bits per heavy atom. The number of carbonyl (C=O) groups excluding carboxylic acids is 2. The van der Waals surface area contributed by atoms with Crippen LogP contribution in [0.5, 0.6) is 11.5 Å². The summed E-state index contributed by atoms with van der Waals surface area (Å²) in [5, 5.41) is 0. The van der Waals surface area contributed by atoms with Crippen molar-refractivity contribution in [1.29, 1.82) is 0 Å². The first-order valence-corrected chi connectivity index (χ1v) is 8.61. The van der Waals surface area contributed by atoms with Crippen LogP contribution in [0.2, 0.25) is 0 Å². The molecule has 0 aromatic heterocycles. The smallest absolute Gasteiger partial charge is 0.331 e. The number of anilines is 1. The summed E-state index contributed by atoms with van der Waals surface area (Å²) in [4.78, 5) is 25.7. The summed E-state index contributed by atoms with van der Waals surface area (Å²) in [6.45, 7) is 1.71. The van der Waals surface area contributed by atoms with Crippen LogP contribution < -0.4 is 14.4 Å². The first-order chi connectivity index (χ1) is 13.5. The third-order valence-corrected chi connectivity index (χ3v) is 3.93. The Balaban J connectivity index is 1.98. The monoisotopic (exact) mass is 387 g/mol. The maximum Gasteiger partial charge on any atom is 0.331 e. The lowest BCUT2D eigenvalue weighted by molar-refractivity contribution is -0.142. The minimum atomic E-state index is -0.673. The van der Waals surface area contributed by atoms with Gasteiger partial charge < -0.3 is 19.1 Å². The zero-order chi connectivity index (χ0) is 20.5. The highest BCUT2D eigenvalue weighted by Crippen LogP contribution is 2.25. The van der Waals surface area contributed by atoms with Crippen molar-refractivity contribution in [2.45, 2.75) is 6.92 Å². The number of benzene rings is 2. The predicted molar refractivity (Wildman–Crippen MR) is 104 cm³/mol. The molecular weight excluding hydrogens is 365 g/mol. The molecule has 0 aliphatic heterocycles. The fraction of sp³-hybridized carbons (Fsp3) is 0.238. The summed E-state index contributed by atoms with van der Waals surface area (Å²) in [5.41, 5.74) is 1.16. The van der Waals surface area contributed by atoms with Gasteiger partial charge in [0.2, 0.25) is 0 Å². The van der Waals surface area contributed by atoms with E-state index in [4.69, 9.17) is 14.2 Å². The Morgan fingerprint density at radius 2 is 1.79 bits per heavy atom. The van der Waals surface area contributed by atoms with Gasteiger partial charge in [0, 0.05) is 23.9 Å². The number of hydrogen-bond acceptors (Lipinski definition) is 5. The first kappa shape index (κ1) is 21.0. The topological polar surface area (TPSA) is 65.1 Å². The van der Waals surface area contributed by atoms with Crippen molar-refractivity contribution in [3.05, 3.63) is 59.9 Å². The van der Waals surface area contributed by atoms with Gasteiger partial charge in [-0.3, -0.25) is 4.79 Å². The SMILES string of the molecule is CCN(C(=O)COC(=O)/C=C/c1cc(OC)ccc1OC)c1ccc(F)cc1. The van der Waals surface area contributed by atoms with Crippen molar-refractivity contribution in [3.63, 3.8) is 0 Å². The molecule has 6 nitrogen and oxygen atoms in total. The van der Waals surface area contributed by atoms with E-state index in [-0.39, 0.29) is 0 Å². The van der Waals surface area contributed by atoms with E-state index >= 15 is 0 Å². The van der Waals surface area contributed by atoms with E-state index in [2.05, 4.69) is 0 Å². The third kappa shape index (κ3) is 5.57. The molecule has 0 bridgehead atoms. The summed E-state index contributed by atoms with van der Waals surface area (Å²) >= 11 is 0. The molecule has 7 heteroatoms. The fourth-order valence-corrected chi connectivity index (χ4v) is 2.51. The van der Waals surface area contributed by atoms with E-state index in [1.54, 1.807) is 25.1 Å². The van der Waals surface area contributed by atoms with Gasteiger partial charge in [0.05, 0.1) is 14.2 Å². The molecule has 0 spiro atoms. The Labute approximate surface area is 163 Å². The van der Waals surface area contributed by atoms with Gasteiger partial charge in [0.15, 0.2) is 6.61 Å². The number of halogens is 1. The number of ether oxygens (including phenoxy) is 3. The van der Waals surface area contributed by atoms with Gasteiger partial charge in [0.1, 0.15) is 17.3 Å². The average Bonchev–Trinajstić information content (AvgIpc) is 2.72. The van der Waals surface area contributed by atoms with Gasteiger partial charge in [-0.05, 0) is 55.5 Å². The molecule has 2 aromatic rings. The molecule has 0 fully saturated rings. The molecule has 2 rings (SSSR count). The van der Waals surface area contributed by atoms with E-state index in [1.807, 2.05) is 0 Å². The maximum atomic E-state index is 13.0. The van der Waals surface area contributed by atoms with Gasteiger partial charge in [-0.1, -0.05) is 0 Å². The minimum absolute atomic E-state index is 0.360. The molecule has 0 heterocycles. The zero-order valence-corrected chi connectivity index (χ0v) is 16.0. The van der Waals surface area contributed by atoms with Crippen LogP contribution in [-0.2, 0) is 14.3 Å². The average molecular weight is 387 g/mol. The van der Waals surface area contributed by atoms with Crippen molar-refractivity contribution >= 4 is 23.6 Å². The van der Waals surface area contributed by atoms with Crippen LogP contribution in [0.4, 0.5) is 10.1 Å². The zero-order valence-electron chi connectivity index (χ0n) is 16.0. The molecule has 0 aliphatic rings. The summed E-state index contributed by atoms with van der Waals surface area (Å²) < 4.78 is 28.4. The Kier molecular flexibility index (Phi) is 7.56. The number of amides is 1. The Hall–Kier alpha value is -3.35. The quantitative estimate of drug-likeness (QED) is 0.513. The molecule has 0 N–H and O–H groups in total.